The summed E-state index contributed by atoms with van der Waals surface area (Å²) in [4.78, 5) is 11.5. The first-order chi connectivity index (χ1) is 7.20. The monoisotopic (exact) mass is 205 g/mol. The quantitative estimate of drug-likeness (QED) is 0.764. The molecule has 3 heteroatoms. The summed E-state index contributed by atoms with van der Waals surface area (Å²) in [5.74, 6) is 0.392. The molecule has 0 fully saturated rings. The molecular weight excluding hydrogens is 190 g/mol. The third-order valence-electron chi connectivity index (χ3n) is 2.02. The summed E-state index contributed by atoms with van der Waals surface area (Å²) in [5.41, 5.74) is 1.32. The van der Waals surface area contributed by atoms with Crippen LogP contribution in [0, 0.1) is 0 Å². The molecule has 0 aliphatic rings. The van der Waals surface area contributed by atoms with E-state index >= 15 is 0 Å². The number of benzene rings is 1. The van der Waals surface area contributed by atoms with Gasteiger partial charge in [-0.2, -0.15) is 0 Å². The van der Waals surface area contributed by atoms with E-state index in [2.05, 4.69) is 11.9 Å². The molecule has 80 valence electrons. The number of hydrogen-bond donors (Lipinski definition) is 1. The minimum atomic E-state index is -0.133. The lowest BCUT2D eigenvalue weighted by molar-refractivity contribution is 0.0962. The average molecular weight is 205 g/mol. The molecule has 0 atom stereocenters. The topological polar surface area (TPSA) is 38.3 Å². The van der Waals surface area contributed by atoms with Gasteiger partial charge in [0.25, 0.3) is 5.91 Å². The van der Waals surface area contributed by atoms with E-state index in [4.69, 9.17) is 4.74 Å². The van der Waals surface area contributed by atoms with Crippen molar-refractivity contribution in [2.45, 2.75) is 6.92 Å². The predicted octanol–water partition coefficient (Wildman–Crippen LogP) is 2.05. The zero-order chi connectivity index (χ0) is 11.3. The Balaban J connectivity index is 3.06. The van der Waals surface area contributed by atoms with E-state index in [1.165, 1.54) is 0 Å². The molecular formula is C12H15NO2. The van der Waals surface area contributed by atoms with Crippen LogP contribution in [-0.2, 0) is 4.74 Å². The molecule has 0 radical (unpaired) electrons. The molecule has 0 saturated heterocycles. The number of amides is 1. The van der Waals surface area contributed by atoms with E-state index in [9.17, 15) is 4.79 Å². The van der Waals surface area contributed by atoms with Gasteiger partial charge in [-0.05, 0) is 13.0 Å². The van der Waals surface area contributed by atoms with Crippen molar-refractivity contribution < 1.29 is 9.53 Å². The second-order valence-corrected chi connectivity index (χ2v) is 2.98. The fourth-order valence-electron chi connectivity index (χ4n) is 1.31. The Hall–Kier alpha value is -1.77. The number of nitrogens with one attached hydrogen (secondary N) is 1. The van der Waals surface area contributed by atoms with Gasteiger partial charge in [-0.15, -0.1) is 0 Å². The average Bonchev–Trinajstić information content (AvgIpc) is 2.28. The van der Waals surface area contributed by atoms with E-state index < -0.39 is 0 Å². The Kier molecular flexibility index (Phi) is 3.92. The highest BCUT2D eigenvalue weighted by Gasteiger charge is 2.11. The second-order valence-electron chi connectivity index (χ2n) is 2.98. The van der Waals surface area contributed by atoms with E-state index in [0.29, 0.717) is 17.9 Å². The summed E-state index contributed by atoms with van der Waals surface area (Å²) < 4.78 is 5.29. The van der Waals surface area contributed by atoms with E-state index in [-0.39, 0.29) is 5.91 Å². The fourth-order valence-corrected chi connectivity index (χ4v) is 1.31. The molecule has 0 aromatic heterocycles. The Morgan fingerprint density at radius 1 is 1.40 bits per heavy atom. The number of ether oxygens (including phenoxy) is 1. The molecule has 1 amide bonds. The van der Waals surface area contributed by atoms with Crippen LogP contribution in [0.25, 0.3) is 5.76 Å². The minimum absolute atomic E-state index is 0.133. The largest absolute Gasteiger partial charge is 0.494 e. The third kappa shape index (κ3) is 2.59. The fraction of sp³-hybridized carbons (Fsp3) is 0.250. The molecule has 0 aliphatic heterocycles. The van der Waals surface area contributed by atoms with Gasteiger partial charge in [0.05, 0.1) is 12.2 Å². The molecule has 0 unspecified atom stereocenters. The highest BCUT2D eigenvalue weighted by molar-refractivity contribution is 5.98. The van der Waals surface area contributed by atoms with E-state index in [0.717, 1.165) is 5.56 Å². The molecule has 0 aliphatic carbocycles. The van der Waals surface area contributed by atoms with Crippen molar-refractivity contribution in [1.29, 1.82) is 0 Å². The second kappa shape index (κ2) is 5.20. The number of hydrogen-bond acceptors (Lipinski definition) is 2. The van der Waals surface area contributed by atoms with Crippen molar-refractivity contribution in [3.05, 3.63) is 42.0 Å². The van der Waals surface area contributed by atoms with Gasteiger partial charge in [-0.25, -0.2) is 0 Å². The van der Waals surface area contributed by atoms with Crippen LogP contribution >= 0.6 is 0 Å². The van der Waals surface area contributed by atoms with Crippen molar-refractivity contribution in [3.63, 3.8) is 0 Å². The zero-order valence-corrected chi connectivity index (χ0v) is 9.04. The first-order valence-electron chi connectivity index (χ1n) is 4.83. The van der Waals surface area contributed by atoms with Crippen LogP contribution in [0.4, 0.5) is 0 Å². The third-order valence-corrected chi connectivity index (χ3v) is 2.02. The highest BCUT2D eigenvalue weighted by Crippen LogP contribution is 2.18. The Morgan fingerprint density at radius 3 is 2.53 bits per heavy atom. The first-order valence-corrected chi connectivity index (χ1v) is 4.83. The first kappa shape index (κ1) is 11.3. The van der Waals surface area contributed by atoms with E-state index in [1.807, 2.05) is 25.1 Å². The normalized spacial score (nSPS) is 9.47. The van der Waals surface area contributed by atoms with E-state index in [1.54, 1.807) is 13.1 Å². The van der Waals surface area contributed by atoms with Crippen LogP contribution in [0.2, 0.25) is 0 Å². The predicted molar refractivity (Wildman–Crippen MR) is 60.5 cm³/mol. The standard InChI is InChI=1S/C12H15NO2/c1-4-15-9(2)10-7-5-6-8-11(10)12(14)13-3/h5-8H,2,4H2,1,3H3,(H,13,14). The minimum Gasteiger partial charge on any atom is -0.494 e. The lowest BCUT2D eigenvalue weighted by Gasteiger charge is -2.10. The summed E-state index contributed by atoms with van der Waals surface area (Å²) >= 11 is 0. The van der Waals surface area contributed by atoms with Gasteiger partial charge in [0.15, 0.2) is 0 Å². The van der Waals surface area contributed by atoms with Crippen molar-refractivity contribution in [3.8, 4) is 0 Å². The Morgan fingerprint density at radius 2 is 2.00 bits per heavy atom. The van der Waals surface area contributed by atoms with Crippen molar-refractivity contribution >= 4 is 11.7 Å². The Labute approximate surface area is 89.8 Å². The maximum Gasteiger partial charge on any atom is 0.251 e. The molecule has 3 nitrogen and oxygen atoms in total. The molecule has 1 rings (SSSR count). The molecule has 1 aromatic carbocycles. The van der Waals surface area contributed by atoms with Crippen LogP contribution in [-0.4, -0.2) is 19.6 Å². The molecule has 15 heavy (non-hydrogen) atoms. The van der Waals surface area contributed by atoms with Gasteiger partial charge < -0.3 is 10.1 Å². The van der Waals surface area contributed by atoms with Crippen molar-refractivity contribution in [2.24, 2.45) is 0 Å². The maximum atomic E-state index is 11.5. The molecule has 0 spiro atoms. The van der Waals surface area contributed by atoms with Crippen molar-refractivity contribution in [1.82, 2.24) is 5.32 Å². The van der Waals surface area contributed by atoms with Crippen LogP contribution in [0.5, 0.6) is 0 Å². The maximum absolute atomic E-state index is 11.5. The number of carbonyl (C=O) groups is 1. The van der Waals surface area contributed by atoms with Crippen LogP contribution < -0.4 is 5.32 Å². The van der Waals surface area contributed by atoms with Crippen molar-refractivity contribution in [2.75, 3.05) is 13.7 Å². The summed E-state index contributed by atoms with van der Waals surface area (Å²) in [5, 5.41) is 2.58. The van der Waals surface area contributed by atoms with Gasteiger partial charge in [0.2, 0.25) is 0 Å². The van der Waals surface area contributed by atoms with Gasteiger partial charge in [-0.1, -0.05) is 24.8 Å². The summed E-state index contributed by atoms with van der Waals surface area (Å²) in [6.07, 6.45) is 0. The van der Waals surface area contributed by atoms with Crippen LogP contribution in [0.3, 0.4) is 0 Å². The van der Waals surface area contributed by atoms with Gasteiger partial charge >= 0.3 is 0 Å². The summed E-state index contributed by atoms with van der Waals surface area (Å²) in [6.45, 7) is 6.22. The zero-order valence-electron chi connectivity index (χ0n) is 9.04. The molecule has 0 heterocycles. The van der Waals surface area contributed by atoms with Gasteiger partial charge in [0, 0.05) is 12.6 Å². The van der Waals surface area contributed by atoms with Crippen LogP contribution in [0.1, 0.15) is 22.8 Å². The van der Waals surface area contributed by atoms with Gasteiger partial charge in [-0.3, -0.25) is 4.79 Å². The molecule has 1 N–H and O–H groups in total. The Bertz CT molecular complexity index is 372. The number of carbonyl (C=O) groups excluding carboxylic acids is 1. The smallest absolute Gasteiger partial charge is 0.251 e. The summed E-state index contributed by atoms with van der Waals surface area (Å²) in [7, 11) is 1.60. The van der Waals surface area contributed by atoms with Crippen LogP contribution in [0.15, 0.2) is 30.8 Å². The molecule has 1 aromatic rings. The number of rotatable bonds is 4. The lowest BCUT2D eigenvalue weighted by Crippen LogP contribution is -2.19. The van der Waals surface area contributed by atoms with Gasteiger partial charge in [0.1, 0.15) is 5.76 Å². The summed E-state index contributed by atoms with van der Waals surface area (Å²) in [6, 6.07) is 7.24. The molecule has 0 saturated carbocycles. The highest BCUT2D eigenvalue weighted by atomic mass is 16.5. The lowest BCUT2D eigenvalue weighted by atomic mass is 10.1. The molecule has 0 bridgehead atoms. The SMILES string of the molecule is C=C(OCC)c1ccccc1C(=O)NC.